The third kappa shape index (κ3) is 4.47. The fourth-order valence-corrected chi connectivity index (χ4v) is 1.02. The highest BCUT2D eigenvalue weighted by atomic mass is 32.1. The molecular weight excluding hydrogens is 120 g/mol. The fraction of sp³-hybridized carbons (Fsp3) is 1.00. The molecule has 0 aromatic carbocycles. The van der Waals surface area contributed by atoms with Gasteiger partial charge in [-0.25, -0.2) is 0 Å². The van der Waals surface area contributed by atoms with Gasteiger partial charge in [-0.2, -0.15) is 12.6 Å². The van der Waals surface area contributed by atoms with E-state index in [2.05, 4.69) is 19.6 Å². The van der Waals surface area contributed by atoms with E-state index in [9.17, 15) is 0 Å². The Morgan fingerprint density at radius 3 is 2.62 bits per heavy atom. The third-order valence-corrected chi connectivity index (χ3v) is 1.39. The minimum atomic E-state index is 0.435. The summed E-state index contributed by atoms with van der Waals surface area (Å²) in [5, 5.41) is 0.435. The van der Waals surface area contributed by atoms with Crippen LogP contribution in [-0.2, 0) is 4.74 Å². The SMILES string of the molecule is CCCC(S)COC. The second kappa shape index (κ2) is 5.45. The molecule has 1 atom stereocenters. The van der Waals surface area contributed by atoms with Gasteiger partial charge in [-0.3, -0.25) is 0 Å². The summed E-state index contributed by atoms with van der Waals surface area (Å²) >= 11 is 4.27. The van der Waals surface area contributed by atoms with E-state index >= 15 is 0 Å². The van der Waals surface area contributed by atoms with E-state index in [1.165, 1.54) is 6.42 Å². The molecule has 0 radical (unpaired) electrons. The first-order chi connectivity index (χ1) is 3.81. The second-order valence-corrected chi connectivity index (χ2v) is 2.63. The first-order valence-corrected chi connectivity index (χ1v) is 3.50. The lowest BCUT2D eigenvalue weighted by Crippen LogP contribution is -2.05. The molecule has 0 saturated heterocycles. The van der Waals surface area contributed by atoms with Gasteiger partial charge in [0.05, 0.1) is 6.61 Å². The number of hydrogen-bond acceptors (Lipinski definition) is 2. The summed E-state index contributed by atoms with van der Waals surface area (Å²) in [4.78, 5) is 0. The van der Waals surface area contributed by atoms with Crippen LogP contribution in [0.2, 0.25) is 0 Å². The predicted molar refractivity (Wildman–Crippen MR) is 39.6 cm³/mol. The summed E-state index contributed by atoms with van der Waals surface area (Å²) in [6, 6.07) is 0. The van der Waals surface area contributed by atoms with E-state index in [1.807, 2.05) is 0 Å². The van der Waals surface area contributed by atoms with Gasteiger partial charge in [0.1, 0.15) is 0 Å². The minimum absolute atomic E-state index is 0.435. The molecule has 2 heteroatoms. The van der Waals surface area contributed by atoms with Crippen molar-refractivity contribution in [2.24, 2.45) is 0 Å². The average molecular weight is 134 g/mol. The molecule has 0 bridgehead atoms. The van der Waals surface area contributed by atoms with Crippen molar-refractivity contribution in [3.05, 3.63) is 0 Å². The van der Waals surface area contributed by atoms with Crippen molar-refractivity contribution in [3.63, 3.8) is 0 Å². The molecule has 0 aliphatic rings. The molecule has 0 fully saturated rings. The lowest BCUT2D eigenvalue weighted by Gasteiger charge is -2.05. The molecule has 0 saturated carbocycles. The van der Waals surface area contributed by atoms with E-state index in [-0.39, 0.29) is 0 Å². The Balaban J connectivity index is 2.92. The standard InChI is InChI=1S/C6H14OS/c1-3-4-6(8)5-7-2/h6,8H,3-5H2,1-2H3. The van der Waals surface area contributed by atoms with Crippen molar-refractivity contribution >= 4 is 12.6 Å². The van der Waals surface area contributed by atoms with Crippen LogP contribution in [0.25, 0.3) is 0 Å². The third-order valence-electron chi connectivity index (χ3n) is 0.981. The van der Waals surface area contributed by atoms with E-state index in [4.69, 9.17) is 4.74 Å². The number of methoxy groups -OCH3 is 1. The van der Waals surface area contributed by atoms with Crippen molar-refractivity contribution in [3.8, 4) is 0 Å². The van der Waals surface area contributed by atoms with E-state index in [0.29, 0.717) is 5.25 Å². The van der Waals surface area contributed by atoms with Gasteiger partial charge in [-0.05, 0) is 6.42 Å². The largest absolute Gasteiger partial charge is 0.384 e. The molecule has 0 heterocycles. The zero-order valence-electron chi connectivity index (χ0n) is 5.55. The van der Waals surface area contributed by atoms with Gasteiger partial charge in [0.2, 0.25) is 0 Å². The lowest BCUT2D eigenvalue weighted by molar-refractivity contribution is 0.197. The molecule has 0 spiro atoms. The van der Waals surface area contributed by atoms with Crippen molar-refractivity contribution in [1.82, 2.24) is 0 Å². The first kappa shape index (κ1) is 8.31. The molecule has 8 heavy (non-hydrogen) atoms. The van der Waals surface area contributed by atoms with Crippen LogP contribution in [0.3, 0.4) is 0 Å². The summed E-state index contributed by atoms with van der Waals surface area (Å²) in [5.74, 6) is 0. The van der Waals surface area contributed by atoms with Crippen molar-refractivity contribution in [2.75, 3.05) is 13.7 Å². The molecule has 0 aromatic heterocycles. The first-order valence-electron chi connectivity index (χ1n) is 2.98. The highest BCUT2D eigenvalue weighted by molar-refractivity contribution is 7.81. The van der Waals surface area contributed by atoms with E-state index in [1.54, 1.807) is 7.11 Å². The van der Waals surface area contributed by atoms with E-state index < -0.39 is 0 Å². The van der Waals surface area contributed by atoms with E-state index in [0.717, 1.165) is 13.0 Å². The van der Waals surface area contributed by atoms with Gasteiger partial charge in [0, 0.05) is 12.4 Å². The second-order valence-electron chi connectivity index (χ2n) is 1.90. The molecular formula is C6H14OS. The Morgan fingerprint density at radius 1 is 1.62 bits per heavy atom. The van der Waals surface area contributed by atoms with Crippen LogP contribution >= 0.6 is 12.6 Å². The normalized spacial score (nSPS) is 13.9. The maximum atomic E-state index is 4.88. The quantitative estimate of drug-likeness (QED) is 0.576. The summed E-state index contributed by atoms with van der Waals surface area (Å²) < 4.78 is 4.88. The van der Waals surface area contributed by atoms with Crippen LogP contribution in [0, 0.1) is 0 Å². The van der Waals surface area contributed by atoms with Gasteiger partial charge in [0.15, 0.2) is 0 Å². The maximum absolute atomic E-state index is 4.88. The summed E-state index contributed by atoms with van der Waals surface area (Å²) in [6.45, 7) is 2.93. The molecule has 0 aliphatic carbocycles. The summed E-state index contributed by atoms with van der Waals surface area (Å²) in [6.07, 6.45) is 2.34. The Kier molecular flexibility index (Phi) is 5.66. The molecule has 0 aliphatic heterocycles. The van der Waals surface area contributed by atoms with Crippen LogP contribution in [-0.4, -0.2) is 19.0 Å². The van der Waals surface area contributed by atoms with Crippen LogP contribution in [0.5, 0.6) is 0 Å². The van der Waals surface area contributed by atoms with Gasteiger partial charge in [-0.1, -0.05) is 13.3 Å². The number of hydrogen-bond donors (Lipinski definition) is 1. The molecule has 1 nitrogen and oxygen atoms in total. The molecule has 0 amide bonds. The molecule has 0 N–H and O–H groups in total. The smallest absolute Gasteiger partial charge is 0.0578 e. The maximum Gasteiger partial charge on any atom is 0.0578 e. The van der Waals surface area contributed by atoms with Gasteiger partial charge < -0.3 is 4.74 Å². The van der Waals surface area contributed by atoms with Crippen LogP contribution in [0.1, 0.15) is 19.8 Å². The highest BCUT2D eigenvalue weighted by Crippen LogP contribution is 2.03. The Hall–Kier alpha value is 0.310. The predicted octanol–water partition coefficient (Wildman–Crippen LogP) is 1.73. The number of thiol groups is 1. The Labute approximate surface area is 56.8 Å². The highest BCUT2D eigenvalue weighted by Gasteiger charge is 1.97. The zero-order chi connectivity index (χ0) is 6.41. The van der Waals surface area contributed by atoms with Crippen molar-refractivity contribution in [2.45, 2.75) is 25.0 Å². The number of rotatable bonds is 4. The van der Waals surface area contributed by atoms with Crippen LogP contribution in [0.4, 0.5) is 0 Å². The zero-order valence-corrected chi connectivity index (χ0v) is 6.45. The van der Waals surface area contributed by atoms with Gasteiger partial charge in [0.25, 0.3) is 0 Å². The lowest BCUT2D eigenvalue weighted by atomic mass is 10.2. The summed E-state index contributed by atoms with van der Waals surface area (Å²) in [7, 11) is 1.71. The Bertz CT molecular complexity index is 41.8. The topological polar surface area (TPSA) is 9.23 Å². The van der Waals surface area contributed by atoms with Gasteiger partial charge >= 0.3 is 0 Å². The number of ether oxygens (including phenoxy) is 1. The van der Waals surface area contributed by atoms with Crippen LogP contribution < -0.4 is 0 Å². The molecule has 1 unspecified atom stereocenters. The molecule has 0 rings (SSSR count). The monoisotopic (exact) mass is 134 g/mol. The summed E-state index contributed by atoms with van der Waals surface area (Å²) in [5.41, 5.74) is 0. The van der Waals surface area contributed by atoms with Crippen LogP contribution in [0.15, 0.2) is 0 Å². The molecule has 0 aromatic rings. The Morgan fingerprint density at radius 2 is 2.25 bits per heavy atom. The fourth-order valence-electron chi connectivity index (χ4n) is 0.609. The van der Waals surface area contributed by atoms with Crippen molar-refractivity contribution < 1.29 is 4.74 Å². The van der Waals surface area contributed by atoms with Crippen molar-refractivity contribution in [1.29, 1.82) is 0 Å². The minimum Gasteiger partial charge on any atom is -0.384 e. The molecule has 50 valence electrons. The average Bonchev–Trinajstić information content (AvgIpc) is 1.68. The van der Waals surface area contributed by atoms with Gasteiger partial charge in [-0.15, -0.1) is 0 Å².